The maximum absolute atomic E-state index is 12.8. The van der Waals surface area contributed by atoms with Crippen molar-refractivity contribution in [1.82, 2.24) is 16.0 Å². The van der Waals surface area contributed by atoms with Crippen molar-refractivity contribution in [2.24, 2.45) is 23.3 Å². The van der Waals surface area contributed by atoms with Crippen LogP contribution >= 0.6 is 0 Å². The topological polar surface area (TPSA) is 194 Å². The van der Waals surface area contributed by atoms with Crippen molar-refractivity contribution < 1.29 is 29.1 Å². The summed E-state index contributed by atoms with van der Waals surface area (Å²) in [5.41, 5.74) is 10.7. The van der Waals surface area contributed by atoms with E-state index in [1.54, 1.807) is 6.92 Å². The summed E-state index contributed by atoms with van der Waals surface area (Å²) in [5, 5.41) is 16.9. The lowest BCUT2D eigenvalue weighted by molar-refractivity contribution is -0.144. The quantitative estimate of drug-likeness (QED) is 0.203. The van der Waals surface area contributed by atoms with Gasteiger partial charge >= 0.3 is 5.97 Å². The van der Waals surface area contributed by atoms with Gasteiger partial charge in [0.1, 0.15) is 18.1 Å². The molecule has 0 saturated heterocycles. The standard InChI is InChI=1S/C20H37N5O6/c1-6-11(4)16(20(30)31)25-19(29)14(9-10(2)3)24-18(28)13(7-8-15(22)26)23-17(27)12(5)21/h10-14,16H,6-9,21H2,1-5H3,(H2,22,26)(H,23,27)(H,24,28)(H,25,29)(H,30,31). The molecule has 0 aliphatic heterocycles. The van der Waals surface area contributed by atoms with Gasteiger partial charge in [0.15, 0.2) is 0 Å². The Labute approximate surface area is 183 Å². The average molecular weight is 444 g/mol. The third kappa shape index (κ3) is 10.8. The van der Waals surface area contributed by atoms with E-state index in [0.717, 1.165) is 0 Å². The molecule has 0 heterocycles. The molecule has 0 saturated carbocycles. The number of carboxylic acid groups (broad SMARTS) is 1. The van der Waals surface area contributed by atoms with Crippen molar-refractivity contribution in [2.45, 2.75) is 84.5 Å². The van der Waals surface area contributed by atoms with Gasteiger partial charge in [-0.3, -0.25) is 19.2 Å². The molecule has 0 aromatic rings. The molecule has 0 aliphatic rings. The van der Waals surface area contributed by atoms with Crippen LogP contribution in [0.25, 0.3) is 0 Å². The number of amides is 4. The number of hydrogen-bond donors (Lipinski definition) is 6. The summed E-state index contributed by atoms with van der Waals surface area (Å²) in [7, 11) is 0. The summed E-state index contributed by atoms with van der Waals surface area (Å²) in [4.78, 5) is 60.2. The van der Waals surface area contributed by atoms with E-state index in [0.29, 0.717) is 6.42 Å². The highest BCUT2D eigenvalue weighted by molar-refractivity contribution is 5.94. The summed E-state index contributed by atoms with van der Waals surface area (Å²) < 4.78 is 0. The Hall–Kier alpha value is -2.69. The number of nitrogens with two attached hydrogens (primary N) is 2. The lowest BCUT2D eigenvalue weighted by atomic mass is 9.97. The van der Waals surface area contributed by atoms with Crippen LogP contribution in [0, 0.1) is 11.8 Å². The zero-order valence-electron chi connectivity index (χ0n) is 18.9. The highest BCUT2D eigenvalue weighted by Crippen LogP contribution is 2.11. The molecule has 31 heavy (non-hydrogen) atoms. The van der Waals surface area contributed by atoms with Crippen LogP contribution in [0.5, 0.6) is 0 Å². The number of aliphatic carboxylic acids is 1. The van der Waals surface area contributed by atoms with E-state index in [-0.39, 0.29) is 31.1 Å². The summed E-state index contributed by atoms with van der Waals surface area (Å²) in [6.07, 6.45) is 0.554. The average Bonchev–Trinajstić information content (AvgIpc) is 2.66. The Kier molecular flexibility index (Phi) is 12.4. The molecule has 0 aromatic carbocycles. The number of rotatable bonds is 14. The van der Waals surface area contributed by atoms with Gasteiger partial charge in [-0.1, -0.05) is 34.1 Å². The summed E-state index contributed by atoms with van der Waals surface area (Å²) in [5.74, 6) is -4.05. The summed E-state index contributed by atoms with van der Waals surface area (Å²) in [6.45, 7) is 8.65. The van der Waals surface area contributed by atoms with Gasteiger partial charge in [-0.2, -0.15) is 0 Å². The highest BCUT2D eigenvalue weighted by atomic mass is 16.4. The first-order valence-corrected chi connectivity index (χ1v) is 10.5. The molecule has 0 fully saturated rings. The number of hydrogen-bond acceptors (Lipinski definition) is 6. The molecule has 11 nitrogen and oxygen atoms in total. The van der Waals surface area contributed by atoms with E-state index in [4.69, 9.17) is 11.5 Å². The number of carboxylic acids is 1. The molecule has 4 amide bonds. The molecule has 5 unspecified atom stereocenters. The first kappa shape index (κ1) is 28.3. The van der Waals surface area contributed by atoms with Gasteiger partial charge in [-0.05, 0) is 31.6 Å². The second kappa shape index (κ2) is 13.6. The van der Waals surface area contributed by atoms with Gasteiger partial charge in [0, 0.05) is 6.42 Å². The molecule has 0 aromatic heterocycles. The SMILES string of the molecule is CCC(C)C(NC(=O)C(CC(C)C)NC(=O)C(CCC(N)=O)NC(=O)C(C)N)C(=O)O. The predicted octanol–water partition coefficient (Wildman–Crippen LogP) is -0.770. The normalized spacial score (nSPS) is 15.8. The number of carbonyl (C=O) groups excluding carboxylic acids is 4. The monoisotopic (exact) mass is 443 g/mol. The number of carbonyl (C=O) groups is 5. The molecule has 0 aliphatic carbocycles. The minimum absolute atomic E-state index is 0.00523. The van der Waals surface area contributed by atoms with Gasteiger partial charge in [0.05, 0.1) is 6.04 Å². The van der Waals surface area contributed by atoms with Crippen LogP contribution in [-0.4, -0.2) is 58.9 Å². The minimum atomic E-state index is -1.17. The second-order valence-corrected chi connectivity index (χ2v) is 8.26. The fourth-order valence-corrected chi connectivity index (χ4v) is 2.77. The zero-order valence-corrected chi connectivity index (χ0v) is 18.9. The third-order valence-corrected chi connectivity index (χ3v) is 4.84. The first-order chi connectivity index (χ1) is 14.3. The second-order valence-electron chi connectivity index (χ2n) is 8.26. The van der Waals surface area contributed by atoms with Crippen molar-refractivity contribution in [3.8, 4) is 0 Å². The van der Waals surface area contributed by atoms with Gasteiger partial charge in [0.2, 0.25) is 23.6 Å². The van der Waals surface area contributed by atoms with Gasteiger partial charge < -0.3 is 32.5 Å². The van der Waals surface area contributed by atoms with Crippen LogP contribution in [0.3, 0.4) is 0 Å². The van der Waals surface area contributed by atoms with Crippen LogP contribution in [-0.2, 0) is 24.0 Å². The largest absolute Gasteiger partial charge is 0.480 e. The lowest BCUT2D eigenvalue weighted by Gasteiger charge is -2.27. The Bertz CT molecular complexity index is 652. The fraction of sp³-hybridized carbons (Fsp3) is 0.750. The maximum atomic E-state index is 12.8. The first-order valence-electron chi connectivity index (χ1n) is 10.5. The lowest BCUT2D eigenvalue weighted by Crippen LogP contribution is -2.57. The van der Waals surface area contributed by atoms with Gasteiger partial charge in [-0.25, -0.2) is 4.79 Å². The van der Waals surface area contributed by atoms with E-state index in [2.05, 4.69) is 16.0 Å². The Morgan fingerprint density at radius 1 is 0.871 bits per heavy atom. The van der Waals surface area contributed by atoms with Gasteiger partial charge in [0.25, 0.3) is 0 Å². The number of nitrogens with one attached hydrogen (secondary N) is 3. The zero-order chi connectivity index (χ0) is 24.3. The van der Waals surface area contributed by atoms with E-state index in [1.807, 2.05) is 20.8 Å². The van der Waals surface area contributed by atoms with Gasteiger partial charge in [-0.15, -0.1) is 0 Å². The smallest absolute Gasteiger partial charge is 0.326 e. The molecule has 0 bridgehead atoms. The van der Waals surface area contributed by atoms with Crippen molar-refractivity contribution in [2.75, 3.05) is 0 Å². The van der Waals surface area contributed by atoms with Crippen LogP contribution in [0.15, 0.2) is 0 Å². The summed E-state index contributed by atoms with van der Waals surface area (Å²) >= 11 is 0. The molecule has 0 spiro atoms. The van der Waals surface area contributed by atoms with Crippen LogP contribution in [0.1, 0.15) is 60.3 Å². The van der Waals surface area contributed by atoms with Crippen molar-refractivity contribution in [1.29, 1.82) is 0 Å². The van der Waals surface area contributed by atoms with E-state index >= 15 is 0 Å². The molecule has 0 rings (SSSR count). The molecular weight excluding hydrogens is 406 g/mol. The molecule has 178 valence electrons. The maximum Gasteiger partial charge on any atom is 0.326 e. The van der Waals surface area contributed by atoms with Crippen LogP contribution in [0.4, 0.5) is 0 Å². The Morgan fingerprint density at radius 2 is 1.39 bits per heavy atom. The summed E-state index contributed by atoms with van der Waals surface area (Å²) in [6, 6.07) is -4.14. The van der Waals surface area contributed by atoms with E-state index in [9.17, 15) is 29.1 Å². The van der Waals surface area contributed by atoms with Crippen molar-refractivity contribution in [3.05, 3.63) is 0 Å². The van der Waals surface area contributed by atoms with Crippen molar-refractivity contribution >= 4 is 29.6 Å². The number of primary amides is 1. The predicted molar refractivity (Wildman–Crippen MR) is 114 cm³/mol. The van der Waals surface area contributed by atoms with E-state index in [1.165, 1.54) is 6.92 Å². The molecule has 11 heteroatoms. The molecule has 5 atom stereocenters. The van der Waals surface area contributed by atoms with Crippen molar-refractivity contribution in [3.63, 3.8) is 0 Å². The van der Waals surface area contributed by atoms with Crippen LogP contribution < -0.4 is 27.4 Å². The molecule has 0 radical (unpaired) electrons. The molecule has 8 N–H and O–H groups in total. The van der Waals surface area contributed by atoms with E-state index < -0.39 is 53.8 Å². The fourth-order valence-electron chi connectivity index (χ4n) is 2.77. The Balaban J connectivity index is 5.52. The van der Waals surface area contributed by atoms with Crippen LogP contribution in [0.2, 0.25) is 0 Å². The third-order valence-electron chi connectivity index (χ3n) is 4.84. The highest BCUT2D eigenvalue weighted by Gasteiger charge is 2.32. The Morgan fingerprint density at radius 3 is 1.81 bits per heavy atom. The molecular formula is C20H37N5O6. The minimum Gasteiger partial charge on any atom is -0.480 e.